The number of carbonyl (C=O) groups excluding carboxylic acids is 3. The Morgan fingerprint density at radius 2 is 2.04 bits per heavy atom. The van der Waals surface area contributed by atoms with E-state index in [4.69, 9.17) is 9.47 Å². The van der Waals surface area contributed by atoms with Crippen LogP contribution in [0, 0.1) is 0 Å². The van der Waals surface area contributed by atoms with Gasteiger partial charge >= 0.3 is 0 Å². The van der Waals surface area contributed by atoms with E-state index in [2.05, 4.69) is 10.6 Å². The number of nitrogens with zero attached hydrogens (tertiary/aromatic N) is 2. The summed E-state index contributed by atoms with van der Waals surface area (Å²) in [4.78, 5) is 39.4. The van der Waals surface area contributed by atoms with E-state index < -0.39 is 0 Å². The molecule has 9 heteroatoms. The zero-order valence-electron chi connectivity index (χ0n) is 16.8. The van der Waals surface area contributed by atoms with Gasteiger partial charge in [0.15, 0.2) is 0 Å². The van der Waals surface area contributed by atoms with Gasteiger partial charge in [-0.15, -0.1) is 0 Å². The van der Waals surface area contributed by atoms with Crippen LogP contribution in [-0.2, 0) is 14.3 Å². The number of nitrogens with one attached hydrogen (secondary N) is 2. The number of benzene rings is 1. The fraction of sp³-hybridized carbons (Fsp3) is 0.526. The highest BCUT2D eigenvalue weighted by Gasteiger charge is 2.27. The standard InChI is InChI=1S/C19H28N4O5/c1-22(2)18(25)11-21-17(24)10-14-12-28-16-6-5-13(9-15(16)23(14)3)19(26)20-7-8-27-4/h5-6,9,14H,7-8,10-12H2,1-4H3,(H,20,26)(H,21,24). The molecule has 1 aromatic rings. The predicted molar refractivity (Wildman–Crippen MR) is 105 cm³/mol. The Bertz CT molecular complexity index is 722. The van der Waals surface area contributed by atoms with Crippen LogP contribution in [0.5, 0.6) is 5.75 Å². The number of rotatable bonds is 8. The summed E-state index contributed by atoms with van der Waals surface area (Å²) in [6.07, 6.45) is 0.181. The number of fused-ring (bicyclic) bond motifs is 1. The molecule has 2 rings (SSSR count). The molecule has 0 saturated carbocycles. The SMILES string of the molecule is COCCNC(=O)c1ccc2c(c1)N(C)C(CC(=O)NCC(=O)N(C)C)CO2. The second-order valence-corrected chi connectivity index (χ2v) is 6.78. The largest absolute Gasteiger partial charge is 0.489 e. The van der Waals surface area contributed by atoms with Crippen LogP contribution in [0.1, 0.15) is 16.8 Å². The Kier molecular flexibility index (Phi) is 7.62. The highest BCUT2D eigenvalue weighted by molar-refractivity contribution is 5.95. The minimum absolute atomic E-state index is 0.0362. The molecule has 9 nitrogen and oxygen atoms in total. The molecule has 0 saturated heterocycles. The number of hydrogen-bond acceptors (Lipinski definition) is 6. The normalized spacial score (nSPS) is 15.3. The third-order valence-electron chi connectivity index (χ3n) is 4.53. The molecule has 0 bridgehead atoms. The molecule has 1 atom stereocenters. The van der Waals surface area contributed by atoms with E-state index in [-0.39, 0.29) is 36.7 Å². The van der Waals surface area contributed by atoms with E-state index in [1.165, 1.54) is 4.90 Å². The predicted octanol–water partition coefficient (Wildman–Crippen LogP) is -0.145. The molecule has 1 heterocycles. The Hall–Kier alpha value is -2.81. The second kappa shape index (κ2) is 9.93. The van der Waals surface area contributed by atoms with Crippen LogP contribution < -0.4 is 20.3 Å². The van der Waals surface area contributed by atoms with Gasteiger partial charge in [0.25, 0.3) is 5.91 Å². The van der Waals surface area contributed by atoms with Crippen molar-refractivity contribution in [2.24, 2.45) is 0 Å². The fourth-order valence-corrected chi connectivity index (χ4v) is 2.73. The Morgan fingerprint density at radius 3 is 2.71 bits per heavy atom. The Morgan fingerprint density at radius 1 is 1.29 bits per heavy atom. The third-order valence-corrected chi connectivity index (χ3v) is 4.53. The average Bonchev–Trinajstić information content (AvgIpc) is 2.68. The molecular weight excluding hydrogens is 364 g/mol. The van der Waals surface area contributed by atoms with Gasteiger partial charge in [0.1, 0.15) is 12.4 Å². The van der Waals surface area contributed by atoms with Crippen molar-refractivity contribution in [1.29, 1.82) is 0 Å². The summed E-state index contributed by atoms with van der Waals surface area (Å²) in [7, 11) is 6.70. The molecule has 2 N–H and O–H groups in total. The van der Waals surface area contributed by atoms with E-state index in [9.17, 15) is 14.4 Å². The smallest absolute Gasteiger partial charge is 0.251 e. The van der Waals surface area contributed by atoms with Gasteiger partial charge < -0.3 is 29.9 Å². The summed E-state index contributed by atoms with van der Waals surface area (Å²) in [5.74, 6) is 0.0642. The van der Waals surface area contributed by atoms with E-state index in [0.717, 1.165) is 5.69 Å². The van der Waals surface area contributed by atoms with Gasteiger partial charge in [-0.3, -0.25) is 14.4 Å². The first-order chi connectivity index (χ1) is 13.3. The van der Waals surface area contributed by atoms with Gasteiger partial charge in [-0.1, -0.05) is 0 Å². The van der Waals surface area contributed by atoms with Crippen molar-refractivity contribution < 1.29 is 23.9 Å². The molecule has 28 heavy (non-hydrogen) atoms. The molecular formula is C19H28N4O5. The maximum Gasteiger partial charge on any atom is 0.251 e. The van der Waals surface area contributed by atoms with Crippen LogP contribution in [0.4, 0.5) is 5.69 Å². The number of carbonyl (C=O) groups is 3. The highest BCUT2D eigenvalue weighted by Crippen LogP contribution is 2.34. The molecule has 3 amide bonds. The lowest BCUT2D eigenvalue weighted by Crippen LogP contribution is -2.45. The molecule has 1 unspecified atom stereocenters. The van der Waals surface area contributed by atoms with Gasteiger partial charge in [0.05, 0.1) is 31.3 Å². The van der Waals surface area contributed by atoms with Crippen LogP contribution in [-0.4, -0.2) is 83.2 Å². The monoisotopic (exact) mass is 392 g/mol. The topological polar surface area (TPSA) is 100 Å². The van der Waals surface area contributed by atoms with E-state index in [0.29, 0.717) is 31.1 Å². The number of amides is 3. The molecule has 154 valence electrons. The molecule has 0 radical (unpaired) electrons. The first-order valence-electron chi connectivity index (χ1n) is 9.07. The first kappa shape index (κ1) is 21.5. The van der Waals surface area contributed by atoms with Crippen molar-refractivity contribution in [3.63, 3.8) is 0 Å². The summed E-state index contributed by atoms with van der Waals surface area (Å²) < 4.78 is 10.7. The molecule has 1 aliphatic heterocycles. The summed E-state index contributed by atoms with van der Waals surface area (Å²) >= 11 is 0. The Balaban J connectivity index is 1.99. The van der Waals surface area contributed by atoms with E-state index >= 15 is 0 Å². The summed E-state index contributed by atoms with van der Waals surface area (Å²) in [6, 6.07) is 5.00. The van der Waals surface area contributed by atoms with Gasteiger partial charge in [-0.25, -0.2) is 0 Å². The number of hydrogen-bond donors (Lipinski definition) is 2. The number of ether oxygens (including phenoxy) is 2. The minimum atomic E-state index is -0.229. The van der Waals surface area contributed by atoms with Crippen LogP contribution in [0.25, 0.3) is 0 Å². The third kappa shape index (κ3) is 5.59. The van der Waals surface area contributed by atoms with Crippen molar-refractivity contribution in [3.8, 4) is 5.75 Å². The molecule has 1 aliphatic rings. The van der Waals surface area contributed by atoms with Crippen molar-refractivity contribution in [2.45, 2.75) is 12.5 Å². The number of likely N-dealkylation sites (N-methyl/N-ethyl adjacent to an activating group) is 2. The Labute approximate surface area is 165 Å². The van der Waals surface area contributed by atoms with Crippen LogP contribution in [0.3, 0.4) is 0 Å². The fourth-order valence-electron chi connectivity index (χ4n) is 2.73. The quantitative estimate of drug-likeness (QED) is 0.597. The number of anilines is 1. The molecule has 0 fully saturated rings. The van der Waals surface area contributed by atoms with E-state index in [1.54, 1.807) is 39.4 Å². The molecule has 0 spiro atoms. The zero-order valence-corrected chi connectivity index (χ0v) is 16.8. The van der Waals surface area contributed by atoms with Gasteiger partial charge in [-0.2, -0.15) is 0 Å². The summed E-state index contributed by atoms with van der Waals surface area (Å²) in [5, 5.41) is 5.40. The number of methoxy groups -OCH3 is 1. The van der Waals surface area contributed by atoms with Crippen molar-refractivity contribution in [2.75, 3.05) is 59.5 Å². The summed E-state index contributed by atoms with van der Waals surface area (Å²) in [6.45, 7) is 1.17. The zero-order chi connectivity index (χ0) is 20.7. The molecule has 0 aliphatic carbocycles. The van der Waals surface area contributed by atoms with Crippen LogP contribution in [0.15, 0.2) is 18.2 Å². The maximum atomic E-state index is 12.2. The highest BCUT2D eigenvalue weighted by atomic mass is 16.5. The lowest BCUT2D eigenvalue weighted by Gasteiger charge is -2.35. The van der Waals surface area contributed by atoms with Crippen molar-refractivity contribution >= 4 is 23.4 Å². The van der Waals surface area contributed by atoms with Gasteiger partial charge in [0.2, 0.25) is 11.8 Å². The van der Waals surface area contributed by atoms with Gasteiger partial charge in [-0.05, 0) is 18.2 Å². The lowest BCUT2D eigenvalue weighted by molar-refractivity contribution is -0.131. The summed E-state index contributed by atoms with van der Waals surface area (Å²) in [5.41, 5.74) is 1.25. The first-order valence-corrected chi connectivity index (χ1v) is 9.07. The second-order valence-electron chi connectivity index (χ2n) is 6.78. The minimum Gasteiger partial charge on any atom is -0.489 e. The molecule has 1 aromatic carbocycles. The van der Waals surface area contributed by atoms with E-state index in [1.807, 2.05) is 11.9 Å². The maximum absolute atomic E-state index is 12.2. The molecule has 0 aromatic heterocycles. The average molecular weight is 392 g/mol. The van der Waals surface area contributed by atoms with Gasteiger partial charge in [0, 0.05) is 40.4 Å². The lowest BCUT2D eigenvalue weighted by atomic mass is 10.1. The van der Waals surface area contributed by atoms with Crippen molar-refractivity contribution in [3.05, 3.63) is 23.8 Å². The van der Waals surface area contributed by atoms with Crippen LogP contribution >= 0.6 is 0 Å². The van der Waals surface area contributed by atoms with Crippen LogP contribution in [0.2, 0.25) is 0 Å². The van der Waals surface area contributed by atoms with Crippen molar-refractivity contribution in [1.82, 2.24) is 15.5 Å².